The topological polar surface area (TPSA) is 74.3 Å². The molecule has 0 fully saturated rings. The molecule has 1 aromatic carbocycles. The summed E-state index contributed by atoms with van der Waals surface area (Å²) in [6, 6.07) is 6.08. The Morgan fingerprint density at radius 2 is 1.88 bits per heavy atom. The number of nitrogens with one attached hydrogen (secondary N) is 2. The molecule has 2 rings (SSSR count). The van der Waals surface area contributed by atoms with Gasteiger partial charge >= 0.3 is 0 Å². The van der Waals surface area contributed by atoms with E-state index in [1.54, 1.807) is 24.1 Å². The number of halogens is 1. The molecule has 1 aromatic heterocycles. The molecule has 0 aliphatic rings. The number of aryl methyl sites for hydroxylation is 1. The first-order chi connectivity index (χ1) is 11.8. The molecule has 0 aliphatic heterocycles. The third-order valence-electron chi connectivity index (χ3n) is 3.73. The number of carbonyl (C=O) groups excluding carboxylic acids is 2. The molecule has 134 valence electrons. The molecule has 0 radical (unpaired) electrons. The van der Waals surface area contributed by atoms with E-state index < -0.39 is 0 Å². The van der Waals surface area contributed by atoms with Crippen molar-refractivity contribution in [1.82, 2.24) is 20.7 Å². The lowest BCUT2D eigenvalue weighted by Crippen LogP contribution is -2.46. The number of rotatable bonds is 6. The summed E-state index contributed by atoms with van der Waals surface area (Å²) < 4.78 is 13.0. The van der Waals surface area contributed by atoms with Crippen molar-refractivity contribution in [3.63, 3.8) is 0 Å². The molecule has 0 bridgehead atoms. The van der Waals surface area contributed by atoms with Gasteiger partial charge in [-0.3, -0.25) is 25.3 Å². The van der Waals surface area contributed by atoms with Crippen LogP contribution in [0.1, 0.15) is 29.2 Å². The number of aromatic nitrogens is 1. The molecular weight excluding hydrogens is 343 g/mol. The fourth-order valence-electron chi connectivity index (χ4n) is 2.20. The maximum Gasteiger partial charge on any atom is 0.252 e. The van der Waals surface area contributed by atoms with Crippen LogP contribution < -0.4 is 10.9 Å². The van der Waals surface area contributed by atoms with E-state index in [-0.39, 0.29) is 36.6 Å². The van der Waals surface area contributed by atoms with E-state index in [1.165, 1.54) is 23.5 Å². The van der Waals surface area contributed by atoms with E-state index in [0.717, 1.165) is 11.3 Å². The number of likely N-dealkylation sites (N-methyl/N-ethyl adjacent to an activating group) is 1. The Hall–Kier alpha value is -2.32. The van der Waals surface area contributed by atoms with Gasteiger partial charge in [0.1, 0.15) is 10.8 Å². The SMILES string of the molecule is Cc1csc(CC(=O)NNC(=O)CN(C)[C@H](C)c2ccc(F)cc2)n1. The fourth-order valence-corrected chi connectivity index (χ4v) is 2.97. The number of hydrazine groups is 1. The lowest BCUT2D eigenvalue weighted by molar-refractivity contribution is -0.129. The fraction of sp³-hybridized carbons (Fsp3) is 0.353. The molecule has 0 spiro atoms. The van der Waals surface area contributed by atoms with Gasteiger partial charge in [0.15, 0.2) is 0 Å². The maximum atomic E-state index is 13.0. The molecule has 8 heteroatoms. The third kappa shape index (κ3) is 5.91. The van der Waals surface area contributed by atoms with Crippen molar-refractivity contribution in [2.45, 2.75) is 26.3 Å². The largest absolute Gasteiger partial charge is 0.291 e. The summed E-state index contributed by atoms with van der Waals surface area (Å²) in [5, 5.41) is 2.57. The van der Waals surface area contributed by atoms with Crippen LogP contribution in [0.25, 0.3) is 0 Å². The normalized spacial score (nSPS) is 12.0. The highest BCUT2D eigenvalue weighted by Gasteiger charge is 2.15. The Labute approximate surface area is 150 Å². The highest BCUT2D eigenvalue weighted by molar-refractivity contribution is 7.09. The van der Waals surface area contributed by atoms with Crippen LogP contribution in [0.5, 0.6) is 0 Å². The predicted molar refractivity (Wildman–Crippen MR) is 94.3 cm³/mol. The zero-order chi connectivity index (χ0) is 18.4. The lowest BCUT2D eigenvalue weighted by atomic mass is 10.1. The summed E-state index contributed by atoms with van der Waals surface area (Å²) in [6.45, 7) is 3.87. The molecule has 2 amide bonds. The number of hydrogen-bond acceptors (Lipinski definition) is 5. The second-order valence-corrected chi connectivity index (χ2v) is 6.74. The molecule has 0 saturated carbocycles. The van der Waals surface area contributed by atoms with Crippen LogP contribution in [0, 0.1) is 12.7 Å². The second kappa shape index (κ2) is 8.68. The molecule has 0 saturated heterocycles. The van der Waals surface area contributed by atoms with Crippen LogP contribution in [-0.2, 0) is 16.0 Å². The van der Waals surface area contributed by atoms with Crippen molar-refractivity contribution in [2.75, 3.05) is 13.6 Å². The Morgan fingerprint density at radius 1 is 1.24 bits per heavy atom. The number of amides is 2. The molecule has 2 N–H and O–H groups in total. The van der Waals surface area contributed by atoms with E-state index in [1.807, 2.05) is 19.2 Å². The number of benzene rings is 1. The Balaban J connectivity index is 1.76. The van der Waals surface area contributed by atoms with Crippen molar-refractivity contribution in [3.05, 3.63) is 51.7 Å². The Bertz CT molecular complexity index is 733. The standard InChI is InChI=1S/C17H21FN4O2S/c1-11-10-25-17(19-11)8-15(23)20-21-16(24)9-22(3)12(2)13-4-6-14(18)7-5-13/h4-7,10,12H,8-9H2,1-3H3,(H,20,23)(H,21,24)/t12-/m1/s1. The van der Waals surface area contributed by atoms with E-state index in [4.69, 9.17) is 0 Å². The van der Waals surface area contributed by atoms with Gasteiger partial charge in [-0.25, -0.2) is 9.37 Å². The maximum absolute atomic E-state index is 13.0. The van der Waals surface area contributed by atoms with E-state index in [0.29, 0.717) is 5.01 Å². The van der Waals surface area contributed by atoms with Gasteiger partial charge in [-0.15, -0.1) is 11.3 Å². The van der Waals surface area contributed by atoms with Crippen LogP contribution in [0.3, 0.4) is 0 Å². The third-order valence-corrected chi connectivity index (χ3v) is 4.69. The van der Waals surface area contributed by atoms with Gasteiger partial charge in [-0.1, -0.05) is 12.1 Å². The first-order valence-electron chi connectivity index (χ1n) is 7.79. The van der Waals surface area contributed by atoms with Crippen molar-refractivity contribution in [1.29, 1.82) is 0 Å². The van der Waals surface area contributed by atoms with E-state index >= 15 is 0 Å². The number of thiazole rings is 1. The van der Waals surface area contributed by atoms with E-state index in [9.17, 15) is 14.0 Å². The van der Waals surface area contributed by atoms with Gasteiger partial charge in [0.05, 0.1) is 13.0 Å². The Kier molecular flexibility index (Phi) is 6.60. The highest BCUT2D eigenvalue weighted by Crippen LogP contribution is 2.18. The minimum absolute atomic E-state index is 0.0691. The molecule has 0 unspecified atom stereocenters. The molecule has 1 heterocycles. The van der Waals surface area contributed by atoms with Crippen LogP contribution in [0.4, 0.5) is 4.39 Å². The number of carbonyl (C=O) groups is 2. The predicted octanol–water partition coefficient (Wildman–Crippen LogP) is 1.97. The number of hydrogen-bond donors (Lipinski definition) is 2. The molecule has 25 heavy (non-hydrogen) atoms. The van der Waals surface area contributed by atoms with Crippen molar-refractivity contribution in [3.8, 4) is 0 Å². The number of nitrogens with zero attached hydrogens (tertiary/aromatic N) is 2. The average molecular weight is 364 g/mol. The quantitative estimate of drug-likeness (QED) is 0.769. The second-order valence-electron chi connectivity index (χ2n) is 5.80. The summed E-state index contributed by atoms with van der Waals surface area (Å²) >= 11 is 1.41. The summed E-state index contributed by atoms with van der Waals surface area (Å²) in [5.74, 6) is -0.952. The summed E-state index contributed by atoms with van der Waals surface area (Å²) in [6.07, 6.45) is 0.126. The van der Waals surface area contributed by atoms with Gasteiger partial charge in [0, 0.05) is 17.1 Å². The summed E-state index contributed by atoms with van der Waals surface area (Å²) in [7, 11) is 1.79. The molecule has 1 atom stereocenters. The van der Waals surface area contributed by atoms with Crippen molar-refractivity contribution in [2.24, 2.45) is 0 Å². The first-order valence-corrected chi connectivity index (χ1v) is 8.67. The zero-order valence-electron chi connectivity index (χ0n) is 14.4. The van der Waals surface area contributed by atoms with Crippen LogP contribution in [0.2, 0.25) is 0 Å². The van der Waals surface area contributed by atoms with E-state index in [2.05, 4.69) is 15.8 Å². The van der Waals surface area contributed by atoms with Crippen molar-refractivity contribution < 1.29 is 14.0 Å². The smallest absolute Gasteiger partial charge is 0.252 e. The molecule has 6 nitrogen and oxygen atoms in total. The summed E-state index contributed by atoms with van der Waals surface area (Å²) in [5.41, 5.74) is 6.55. The molecule has 2 aromatic rings. The van der Waals surface area contributed by atoms with Gasteiger partial charge in [-0.2, -0.15) is 0 Å². The van der Waals surface area contributed by atoms with Crippen LogP contribution in [-0.4, -0.2) is 35.3 Å². The van der Waals surface area contributed by atoms with Crippen molar-refractivity contribution >= 4 is 23.2 Å². The van der Waals surface area contributed by atoms with Crippen LogP contribution >= 0.6 is 11.3 Å². The summed E-state index contributed by atoms with van der Waals surface area (Å²) in [4.78, 5) is 29.8. The molecule has 0 aliphatic carbocycles. The monoisotopic (exact) mass is 364 g/mol. The minimum Gasteiger partial charge on any atom is -0.291 e. The first kappa shape index (κ1) is 19.0. The van der Waals surface area contributed by atoms with Gasteiger partial charge in [0.25, 0.3) is 5.91 Å². The highest BCUT2D eigenvalue weighted by atomic mass is 32.1. The lowest BCUT2D eigenvalue weighted by Gasteiger charge is -2.24. The van der Waals surface area contributed by atoms with Gasteiger partial charge in [-0.05, 0) is 38.6 Å². The molecular formula is C17H21FN4O2S. The average Bonchev–Trinajstić information content (AvgIpc) is 2.98. The van der Waals surface area contributed by atoms with Gasteiger partial charge < -0.3 is 0 Å². The van der Waals surface area contributed by atoms with Gasteiger partial charge in [0.2, 0.25) is 5.91 Å². The Morgan fingerprint density at radius 3 is 2.48 bits per heavy atom. The minimum atomic E-state index is -0.333. The van der Waals surface area contributed by atoms with Crippen LogP contribution in [0.15, 0.2) is 29.6 Å². The zero-order valence-corrected chi connectivity index (χ0v) is 15.2.